The summed E-state index contributed by atoms with van der Waals surface area (Å²) in [5.74, 6) is 0.422. The Morgan fingerprint density at radius 2 is 1.09 bits per heavy atom. The first-order chi connectivity index (χ1) is 26.8. The Morgan fingerprint density at radius 3 is 1.66 bits per heavy atom. The van der Waals surface area contributed by atoms with E-state index in [9.17, 15) is 8.78 Å². The highest BCUT2D eigenvalue weighted by Gasteiger charge is 2.18. The number of nitrogens with two attached hydrogens (primary N) is 2. The monoisotopic (exact) mass is 984 g/mol. The molecular formula is C35H23Br3Cl2F2N14. The third-order valence-corrected chi connectivity index (χ3v) is 10.9. The van der Waals surface area contributed by atoms with Crippen LogP contribution in [0.15, 0.2) is 93.1 Å². The molecule has 0 unspecified atom stereocenters. The van der Waals surface area contributed by atoms with Crippen LogP contribution in [0.4, 0.5) is 20.7 Å². The highest BCUT2D eigenvalue weighted by molar-refractivity contribution is 9.11. The first-order valence-electron chi connectivity index (χ1n) is 16.0. The molecule has 0 saturated heterocycles. The molecule has 6 heterocycles. The van der Waals surface area contributed by atoms with Crippen molar-refractivity contribution >= 4 is 99.8 Å². The number of nitrogens with zero attached hydrogens (tertiary/aromatic N) is 12. The minimum Gasteiger partial charge on any atom is -0.369 e. The minimum atomic E-state index is -0.427. The summed E-state index contributed by atoms with van der Waals surface area (Å²) in [4.78, 5) is 13.0. The number of halogens is 7. The number of benzene rings is 3. The molecule has 0 fully saturated rings. The zero-order valence-electron chi connectivity index (χ0n) is 28.7. The van der Waals surface area contributed by atoms with Gasteiger partial charge in [0.2, 0.25) is 11.9 Å². The zero-order chi connectivity index (χ0) is 39.8. The molecule has 282 valence electrons. The Bertz CT molecular complexity index is 2790. The molecule has 0 saturated carbocycles. The van der Waals surface area contributed by atoms with E-state index in [-0.39, 0.29) is 11.0 Å². The molecule has 0 bridgehead atoms. The maximum absolute atomic E-state index is 14.0. The van der Waals surface area contributed by atoms with E-state index in [0.717, 1.165) is 15.7 Å². The van der Waals surface area contributed by atoms with Gasteiger partial charge in [0.1, 0.15) is 36.4 Å². The van der Waals surface area contributed by atoms with Gasteiger partial charge in [-0.25, -0.2) is 23.7 Å². The van der Waals surface area contributed by atoms with Gasteiger partial charge in [0.25, 0.3) is 0 Å². The number of hydrogen-bond donors (Lipinski definition) is 2. The number of anilines is 2. The SMILES string of the molecule is Cc1ccc(-c2nc(N)n3cnnc3c2Br)cc1.Cc1nc(-c2ccc(Cl)cc2F)c(Br)c2nncn12.Nc1nc(-c2ccc(F)cc2Cl)c(Br)c2nncn12. The van der Waals surface area contributed by atoms with Crippen LogP contribution >= 0.6 is 71.0 Å². The lowest BCUT2D eigenvalue weighted by Gasteiger charge is -2.08. The van der Waals surface area contributed by atoms with Gasteiger partial charge in [-0.1, -0.05) is 53.0 Å². The number of rotatable bonds is 3. The van der Waals surface area contributed by atoms with Gasteiger partial charge in [-0.05, 0) is 98.0 Å². The second-order valence-corrected chi connectivity index (χ2v) is 15.0. The quantitative estimate of drug-likeness (QED) is 0.172. The summed E-state index contributed by atoms with van der Waals surface area (Å²) in [6, 6.07) is 16.6. The molecule has 56 heavy (non-hydrogen) atoms. The molecule has 9 aromatic rings. The van der Waals surface area contributed by atoms with E-state index < -0.39 is 11.6 Å². The smallest absolute Gasteiger partial charge is 0.207 e. The van der Waals surface area contributed by atoms with E-state index in [1.165, 1.54) is 40.6 Å². The maximum atomic E-state index is 14.0. The summed E-state index contributed by atoms with van der Waals surface area (Å²) in [6.07, 6.45) is 4.56. The third-order valence-electron chi connectivity index (χ3n) is 8.12. The van der Waals surface area contributed by atoms with Crippen LogP contribution in [0, 0.1) is 25.5 Å². The number of fused-ring (bicyclic) bond motifs is 3. The van der Waals surface area contributed by atoms with E-state index in [0.29, 0.717) is 65.2 Å². The van der Waals surface area contributed by atoms with Crippen molar-refractivity contribution in [1.82, 2.24) is 58.7 Å². The molecule has 6 aromatic heterocycles. The molecule has 0 aliphatic rings. The van der Waals surface area contributed by atoms with Crippen LogP contribution in [0.2, 0.25) is 10.0 Å². The van der Waals surface area contributed by atoms with Gasteiger partial charge in [-0.3, -0.25) is 13.2 Å². The van der Waals surface area contributed by atoms with Crippen LogP contribution in [0.1, 0.15) is 11.4 Å². The molecule has 14 nitrogen and oxygen atoms in total. The average molecular weight is 988 g/mol. The van der Waals surface area contributed by atoms with Crippen molar-refractivity contribution in [3.8, 4) is 33.8 Å². The van der Waals surface area contributed by atoms with Crippen molar-refractivity contribution in [2.45, 2.75) is 13.8 Å². The summed E-state index contributed by atoms with van der Waals surface area (Å²) in [7, 11) is 0. The van der Waals surface area contributed by atoms with Crippen LogP contribution in [-0.2, 0) is 0 Å². The summed E-state index contributed by atoms with van der Waals surface area (Å²) >= 11 is 22.1. The maximum Gasteiger partial charge on any atom is 0.207 e. The van der Waals surface area contributed by atoms with Crippen LogP contribution in [0.25, 0.3) is 50.7 Å². The largest absolute Gasteiger partial charge is 0.369 e. The van der Waals surface area contributed by atoms with E-state index in [2.05, 4.69) is 93.3 Å². The average Bonchev–Trinajstić information content (AvgIpc) is 3.97. The topological polar surface area (TPSA) is 181 Å². The predicted molar refractivity (Wildman–Crippen MR) is 220 cm³/mol. The number of nitrogen functional groups attached to an aromatic ring is 2. The van der Waals surface area contributed by atoms with E-state index in [4.69, 9.17) is 34.7 Å². The van der Waals surface area contributed by atoms with Crippen molar-refractivity contribution in [1.29, 1.82) is 0 Å². The third kappa shape index (κ3) is 7.64. The Balaban J connectivity index is 0.000000129. The Kier molecular flexibility index (Phi) is 11.2. The molecule has 0 atom stereocenters. The highest BCUT2D eigenvalue weighted by atomic mass is 79.9. The zero-order valence-corrected chi connectivity index (χ0v) is 34.9. The highest BCUT2D eigenvalue weighted by Crippen LogP contribution is 2.36. The van der Waals surface area contributed by atoms with Crippen molar-refractivity contribution < 1.29 is 8.78 Å². The molecule has 4 N–H and O–H groups in total. The molecule has 21 heteroatoms. The van der Waals surface area contributed by atoms with Gasteiger partial charge >= 0.3 is 0 Å². The first-order valence-corrected chi connectivity index (χ1v) is 19.1. The van der Waals surface area contributed by atoms with Gasteiger partial charge in [-0.2, -0.15) is 0 Å². The second kappa shape index (κ2) is 16.1. The van der Waals surface area contributed by atoms with Gasteiger partial charge < -0.3 is 11.5 Å². The standard InChI is InChI=1S/C12H7BrClFN4.C12H10BrN5.C11H6BrClFN5/c1-6-17-11(8-3-2-7(14)4-9(8)15)10(13)12-18-16-5-19(6)12;1-7-2-4-8(5-3-7)10-9(13)11-17-15-6-18(11)12(14)16-10;12-8-9(6-2-1-5(14)3-7(6)13)17-11(15)19-4-16-18-10(8)19/h2-5H,1H3;2-6H,1H3,(H2,14,16);1-4H,(H2,15,17). The second-order valence-electron chi connectivity index (χ2n) is 11.8. The fourth-order valence-electron chi connectivity index (χ4n) is 5.37. The Labute approximate surface area is 350 Å². The summed E-state index contributed by atoms with van der Waals surface area (Å²) in [6.45, 7) is 3.85. The van der Waals surface area contributed by atoms with Crippen LogP contribution < -0.4 is 11.5 Å². The molecular weight excluding hydrogens is 965 g/mol. The van der Waals surface area contributed by atoms with E-state index in [1.807, 2.05) is 31.2 Å². The van der Waals surface area contributed by atoms with E-state index in [1.54, 1.807) is 40.5 Å². The van der Waals surface area contributed by atoms with Gasteiger partial charge in [0, 0.05) is 21.7 Å². The lowest BCUT2D eigenvalue weighted by molar-refractivity contribution is 0.628. The summed E-state index contributed by atoms with van der Waals surface area (Å²) in [5, 5.41) is 24.0. The normalized spacial score (nSPS) is 11.1. The predicted octanol–water partition coefficient (Wildman–Crippen LogP) is 9.03. The molecule has 3 aromatic carbocycles. The Morgan fingerprint density at radius 1 is 0.589 bits per heavy atom. The fraction of sp³-hybridized carbons (Fsp3) is 0.0571. The van der Waals surface area contributed by atoms with Crippen molar-refractivity contribution in [3.05, 3.63) is 126 Å². The number of aromatic nitrogens is 12. The summed E-state index contributed by atoms with van der Waals surface area (Å²) in [5.41, 5.74) is 18.3. The minimum absolute atomic E-state index is 0.221. The number of aryl methyl sites for hydroxylation is 2. The summed E-state index contributed by atoms with van der Waals surface area (Å²) < 4.78 is 33.9. The fourth-order valence-corrected chi connectivity index (χ4v) is 7.51. The number of hydrogen-bond acceptors (Lipinski definition) is 11. The van der Waals surface area contributed by atoms with Crippen LogP contribution in [-0.4, -0.2) is 58.7 Å². The van der Waals surface area contributed by atoms with E-state index >= 15 is 0 Å². The molecule has 0 spiro atoms. The lowest BCUT2D eigenvalue weighted by atomic mass is 10.1. The van der Waals surface area contributed by atoms with Crippen molar-refractivity contribution in [2.24, 2.45) is 0 Å². The molecule has 0 radical (unpaired) electrons. The molecule has 9 rings (SSSR count). The van der Waals surface area contributed by atoms with Crippen LogP contribution in [0.5, 0.6) is 0 Å². The Hall–Kier alpha value is -5.21. The molecule has 0 aliphatic carbocycles. The molecule has 0 aliphatic heterocycles. The first kappa shape index (κ1) is 39.0. The van der Waals surface area contributed by atoms with Crippen molar-refractivity contribution in [2.75, 3.05) is 11.5 Å². The van der Waals surface area contributed by atoms with Gasteiger partial charge in [0.15, 0.2) is 16.9 Å². The molecule has 0 amide bonds. The van der Waals surface area contributed by atoms with Crippen LogP contribution in [0.3, 0.4) is 0 Å². The van der Waals surface area contributed by atoms with Gasteiger partial charge in [-0.15, -0.1) is 30.6 Å². The lowest BCUT2D eigenvalue weighted by Crippen LogP contribution is -2.02. The van der Waals surface area contributed by atoms with Gasteiger partial charge in [0.05, 0.1) is 35.5 Å². The van der Waals surface area contributed by atoms with Crippen molar-refractivity contribution in [3.63, 3.8) is 0 Å².